The van der Waals surface area contributed by atoms with E-state index in [1.807, 2.05) is 24.3 Å². The Morgan fingerprint density at radius 3 is 2.69 bits per heavy atom. The van der Waals surface area contributed by atoms with Crippen LogP contribution in [0.5, 0.6) is 0 Å². The first-order valence-corrected chi connectivity index (χ1v) is 11.2. The molecular formula is C21H24ClN3O3S. The molecule has 1 aromatic carbocycles. The third-order valence-electron chi connectivity index (χ3n) is 5.77. The molecule has 1 fully saturated rings. The highest BCUT2D eigenvalue weighted by Crippen LogP contribution is 2.43. The van der Waals surface area contributed by atoms with Crippen molar-refractivity contribution in [3.63, 3.8) is 0 Å². The highest BCUT2D eigenvalue weighted by Gasteiger charge is 2.43. The topological polar surface area (TPSA) is 71.5 Å². The predicted molar refractivity (Wildman–Crippen MR) is 113 cm³/mol. The van der Waals surface area contributed by atoms with Crippen molar-refractivity contribution < 1.29 is 14.3 Å². The number of rotatable bonds is 4. The second kappa shape index (κ2) is 8.32. The summed E-state index contributed by atoms with van der Waals surface area (Å²) in [6.45, 7) is 3.22. The van der Waals surface area contributed by atoms with Gasteiger partial charge in [-0.2, -0.15) is 0 Å². The second-order valence-electron chi connectivity index (χ2n) is 7.51. The lowest BCUT2D eigenvalue weighted by Crippen LogP contribution is -2.38. The summed E-state index contributed by atoms with van der Waals surface area (Å²) < 4.78 is 5.10. The van der Waals surface area contributed by atoms with Crippen LogP contribution in [0.25, 0.3) is 0 Å². The van der Waals surface area contributed by atoms with E-state index >= 15 is 0 Å². The Balaban J connectivity index is 1.51. The van der Waals surface area contributed by atoms with E-state index in [4.69, 9.17) is 16.3 Å². The van der Waals surface area contributed by atoms with Gasteiger partial charge in [0.1, 0.15) is 0 Å². The number of carbonyl (C=O) groups is 2. The van der Waals surface area contributed by atoms with Gasteiger partial charge in [0.2, 0.25) is 5.91 Å². The maximum Gasteiger partial charge on any atom is 0.410 e. The zero-order chi connectivity index (χ0) is 20.4. The molecule has 29 heavy (non-hydrogen) atoms. The highest BCUT2D eigenvalue weighted by atomic mass is 35.5. The molecule has 0 radical (unpaired) electrons. The standard InChI is InChI=1S/C21H24ClN3O3S/c1-2-28-20(27)25-12-9-16-17(13-25)29-19(23-16)24-18(26)21(10-3-4-11-21)14-5-7-15(22)8-6-14/h5-8H,2-4,9-13H2,1H3,(H,23,24,26). The summed E-state index contributed by atoms with van der Waals surface area (Å²) >= 11 is 7.48. The number of anilines is 1. The SMILES string of the molecule is CCOC(=O)N1CCc2nc(NC(=O)C3(c4ccc(Cl)cc4)CCCC3)sc2C1. The van der Waals surface area contributed by atoms with E-state index in [-0.39, 0.29) is 12.0 Å². The minimum atomic E-state index is -0.534. The fraction of sp³-hybridized carbons (Fsp3) is 0.476. The van der Waals surface area contributed by atoms with Crippen LogP contribution in [-0.4, -0.2) is 35.0 Å². The zero-order valence-corrected chi connectivity index (χ0v) is 17.9. The van der Waals surface area contributed by atoms with Crippen molar-refractivity contribution in [1.29, 1.82) is 0 Å². The molecule has 0 atom stereocenters. The maximum absolute atomic E-state index is 13.3. The normalized spacial score (nSPS) is 17.7. The molecule has 0 spiro atoms. The Bertz CT molecular complexity index is 906. The summed E-state index contributed by atoms with van der Waals surface area (Å²) in [7, 11) is 0. The van der Waals surface area contributed by atoms with Crippen molar-refractivity contribution in [2.75, 3.05) is 18.5 Å². The Morgan fingerprint density at radius 2 is 2.00 bits per heavy atom. The molecule has 154 valence electrons. The third kappa shape index (κ3) is 3.98. The van der Waals surface area contributed by atoms with Gasteiger partial charge in [-0.25, -0.2) is 9.78 Å². The number of amides is 2. The Morgan fingerprint density at radius 1 is 1.28 bits per heavy atom. The predicted octanol–water partition coefficient (Wildman–Crippen LogP) is 4.76. The van der Waals surface area contributed by atoms with E-state index in [9.17, 15) is 9.59 Å². The Kier molecular flexibility index (Phi) is 5.79. The number of ether oxygens (including phenoxy) is 1. The molecule has 2 aliphatic rings. The third-order valence-corrected chi connectivity index (χ3v) is 7.02. The summed E-state index contributed by atoms with van der Waals surface area (Å²) in [6, 6.07) is 7.60. The summed E-state index contributed by atoms with van der Waals surface area (Å²) in [6.07, 6.45) is 4.07. The fourth-order valence-electron chi connectivity index (χ4n) is 4.23. The van der Waals surface area contributed by atoms with E-state index in [1.165, 1.54) is 11.3 Å². The molecule has 0 saturated heterocycles. The molecule has 1 saturated carbocycles. The molecule has 1 aliphatic carbocycles. The number of benzene rings is 1. The van der Waals surface area contributed by atoms with Gasteiger partial charge in [0.25, 0.3) is 0 Å². The van der Waals surface area contributed by atoms with Crippen LogP contribution in [0.4, 0.5) is 9.93 Å². The number of halogens is 1. The van der Waals surface area contributed by atoms with Crippen molar-refractivity contribution in [2.45, 2.75) is 51.0 Å². The first-order chi connectivity index (χ1) is 14.0. The summed E-state index contributed by atoms with van der Waals surface area (Å²) in [5.74, 6) is -0.00864. The molecule has 2 aromatic rings. The quantitative estimate of drug-likeness (QED) is 0.754. The lowest BCUT2D eigenvalue weighted by molar-refractivity contribution is -0.121. The molecule has 2 heterocycles. The van der Waals surface area contributed by atoms with Crippen LogP contribution in [-0.2, 0) is 27.9 Å². The van der Waals surface area contributed by atoms with E-state index in [2.05, 4.69) is 10.3 Å². The van der Waals surface area contributed by atoms with E-state index in [1.54, 1.807) is 11.8 Å². The number of carbonyl (C=O) groups excluding carboxylic acids is 2. The van der Waals surface area contributed by atoms with Gasteiger partial charge in [0.15, 0.2) is 5.13 Å². The molecule has 2 amide bonds. The van der Waals surface area contributed by atoms with Gasteiger partial charge in [0, 0.05) is 22.9 Å². The molecule has 0 unspecified atom stereocenters. The van der Waals surface area contributed by atoms with Crippen molar-refractivity contribution in [3.05, 3.63) is 45.4 Å². The van der Waals surface area contributed by atoms with Gasteiger partial charge in [-0.3, -0.25) is 4.79 Å². The molecule has 1 N–H and O–H groups in total. The zero-order valence-electron chi connectivity index (χ0n) is 16.4. The van der Waals surface area contributed by atoms with Crippen molar-refractivity contribution in [1.82, 2.24) is 9.88 Å². The lowest BCUT2D eigenvalue weighted by Gasteiger charge is -2.27. The first kappa shape index (κ1) is 20.2. The maximum atomic E-state index is 13.3. The molecule has 1 aromatic heterocycles. The van der Waals surface area contributed by atoms with E-state index in [0.29, 0.717) is 36.3 Å². The van der Waals surface area contributed by atoms with Crippen molar-refractivity contribution in [2.24, 2.45) is 0 Å². The summed E-state index contributed by atoms with van der Waals surface area (Å²) in [5, 5.41) is 4.34. The van der Waals surface area contributed by atoms with Gasteiger partial charge >= 0.3 is 6.09 Å². The summed E-state index contributed by atoms with van der Waals surface area (Å²) in [5.41, 5.74) is 1.43. The molecule has 6 nitrogen and oxygen atoms in total. The molecule has 4 rings (SSSR count). The van der Waals surface area contributed by atoms with Crippen LogP contribution in [0, 0.1) is 0 Å². The number of nitrogens with one attached hydrogen (secondary N) is 1. The smallest absolute Gasteiger partial charge is 0.410 e. The van der Waals surface area contributed by atoms with Crippen molar-refractivity contribution >= 4 is 40.1 Å². The van der Waals surface area contributed by atoms with Crippen LogP contribution in [0.15, 0.2) is 24.3 Å². The number of thiazole rings is 1. The number of nitrogens with zero attached hydrogens (tertiary/aromatic N) is 2. The number of hydrogen-bond acceptors (Lipinski definition) is 5. The number of aromatic nitrogens is 1. The molecule has 1 aliphatic heterocycles. The largest absolute Gasteiger partial charge is 0.450 e. The molecular weight excluding hydrogens is 410 g/mol. The monoisotopic (exact) mass is 433 g/mol. The molecule has 8 heteroatoms. The Labute approximate surface area is 179 Å². The van der Waals surface area contributed by atoms with Crippen LogP contribution in [0.2, 0.25) is 5.02 Å². The average molecular weight is 434 g/mol. The van der Waals surface area contributed by atoms with Crippen LogP contribution < -0.4 is 5.32 Å². The number of fused-ring (bicyclic) bond motifs is 1. The van der Waals surface area contributed by atoms with Crippen LogP contribution in [0.3, 0.4) is 0 Å². The molecule has 0 bridgehead atoms. The van der Waals surface area contributed by atoms with Gasteiger partial charge < -0.3 is 15.0 Å². The minimum absolute atomic E-state index is 0.00864. The van der Waals surface area contributed by atoms with E-state index < -0.39 is 5.41 Å². The van der Waals surface area contributed by atoms with E-state index in [0.717, 1.165) is 41.8 Å². The van der Waals surface area contributed by atoms with Gasteiger partial charge in [-0.05, 0) is 37.5 Å². The first-order valence-electron chi connectivity index (χ1n) is 9.99. The highest BCUT2D eigenvalue weighted by molar-refractivity contribution is 7.15. The van der Waals surface area contributed by atoms with Gasteiger partial charge in [-0.15, -0.1) is 0 Å². The second-order valence-corrected chi connectivity index (χ2v) is 9.03. The van der Waals surface area contributed by atoms with Gasteiger partial charge in [-0.1, -0.05) is 47.9 Å². The lowest BCUT2D eigenvalue weighted by atomic mass is 9.78. The number of hydrogen-bond donors (Lipinski definition) is 1. The Hall–Kier alpha value is -2.12. The van der Waals surface area contributed by atoms with Crippen molar-refractivity contribution in [3.8, 4) is 0 Å². The van der Waals surface area contributed by atoms with Crippen LogP contribution >= 0.6 is 22.9 Å². The van der Waals surface area contributed by atoms with Gasteiger partial charge in [0.05, 0.1) is 24.3 Å². The average Bonchev–Trinajstić information content (AvgIpc) is 3.35. The minimum Gasteiger partial charge on any atom is -0.450 e. The fourth-order valence-corrected chi connectivity index (χ4v) is 5.38. The van der Waals surface area contributed by atoms with Crippen LogP contribution in [0.1, 0.15) is 48.7 Å². The summed E-state index contributed by atoms with van der Waals surface area (Å²) in [4.78, 5) is 32.6.